The lowest BCUT2D eigenvalue weighted by molar-refractivity contribution is 0.586. The molecule has 38 heavy (non-hydrogen) atoms. The summed E-state index contributed by atoms with van der Waals surface area (Å²) in [4.78, 5) is 0. The summed E-state index contributed by atoms with van der Waals surface area (Å²) in [5, 5.41) is 3.32. The zero-order valence-electron chi connectivity index (χ0n) is 21.2. The molecular weight excluding hydrogens is 502 g/mol. The molecule has 0 aromatic heterocycles. The van der Waals surface area contributed by atoms with E-state index in [0.717, 1.165) is 37.9 Å². The molecule has 0 bridgehead atoms. The summed E-state index contributed by atoms with van der Waals surface area (Å²) in [5.74, 6) is 0. The molecule has 5 aromatic carbocycles. The van der Waals surface area contributed by atoms with Crippen LogP contribution in [0.2, 0.25) is 0 Å². The Kier molecular flexibility index (Phi) is 7.75. The van der Waals surface area contributed by atoms with Crippen LogP contribution in [0, 0.1) is 0 Å². The second-order valence-corrected chi connectivity index (χ2v) is 15.0. The minimum Gasteiger partial charge on any atom is -0.313 e. The Balaban J connectivity index is 1.59. The van der Waals surface area contributed by atoms with Gasteiger partial charge in [-0.25, -0.2) is 0 Å². The van der Waals surface area contributed by atoms with E-state index in [1.807, 2.05) is 140 Å². The lowest BCUT2D eigenvalue weighted by atomic mass is 10.1. The first-order valence-corrected chi connectivity index (χ1v) is 16.5. The van der Waals surface area contributed by atoms with Crippen LogP contribution >= 0.6 is 14.3 Å². The van der Waals surface area contributed by atoms with Gasteiger partial charge in [-0.2, -0.15) is 0 Å². The maximum absolute atomic E-state index is 14.8. The lowest BCUT2D eigenvalue weighted by Gasteiger charge is -2.23. The Bertz CT molecular complexity index is 1530. The molecular formula is C34H30O2P2. The van der Waals surface area contributed by atoms with Gasteiger partial charge in [-0.3, -0.25) is 0 Å². The predicted octanol–water partition coefficient (Wildman–Crippen LogP) is 7.36. The zero-order valence-corrected chi connectivity index (χ0v) is 23.0. The van der Waals surface area contributed by atoms with E-state index < -0.39 is 14.3 Å². The van der Waals surface area contributed by atoms with Gasteiger partial charge in [-0.15, -0.1) is 0 Å². The summed E-state index contributed by atoms with van der Waals surface area (Å²) < 4.78 is 29.5. The monoisotopic (exact) mass is 532 g/mol. The van der Waals surface area contributed by atoms with Gasteiger partial charge in [-0.05, 0) is 16.7 Å². The fraction of sp³-hybridized carbons (Fsp3) is 0.0588. The maximum Gasteiger partial charge on any atom is 0.147 e. The van der Waals surface area contributed by atoms with Crippen LogP contribution in [0.4, 0.5) is 0 Å². The molecule has 0 fully saturated rings. The van der Waals surface area contributed by atoms with Gasteiger partial charge in [0.05, 0.1) is 0 Å². The Morgan fingerprint density at radius 1 is 0.500 bits per heavy atom. The highest BCUT2D eigenvalue weighted by Gasteiger charge is 2.30. The van der Waals surface area contributed by atoms with Crippen molar-refractivity contribution in [2.75, 3.05) is 0 Å². The summed E-state index contributed by atoms with van der Waals surface area (Å²) in [7, 11) is -5.94. The van der Waals surface area contributed by atoms with E-state index in [4.69, 9.17) is 0 Å². The van der Waals surface area contributed by atoms with Crippen molar-refractivity contribution >= 4 is 41.6 Å². The van der Waals surface area contributed by atoms with Gasteiger partial charge in [0.15, 0.2) is 0 Å². The zero-order chi connectivity index (χ0) is 26.4. The van der Waals surface area contributed by atoms with Crippen LogP contribution in [-0.2, 0) is 21.5 Å². The van der Waals surface area contributed by atoms with E-state index in [9.17, 15) is 9.13 Å². The van der Waals surface area contributed by atoms with Crippen LogP contribution in [0.1, 0.15) is 16.7 Å². The first-order chi connectivity index (χ1) is 18.5. The topological polar surface area (TPSA) is 34.1 Å². The van der Waals surface area contributed by atoms with E-state index in [1.54, 1.807) is 0 Å². The largest absolute Gasteiger partial charge is 0.313 e. The third-order valence-electron chi connectivity index (χ3n) is 6.92. The van der Waals surface area contributed by atoms with Crippen molar-refractivity contribution in [3.63, 3.8) is 0 Å². The van der Waals surface area contributed by atoms with E-state index in [0.29, 0.717) is 12.3 Å². The SMILES string of the molecule is C=Cc1ccc(CP(=O)(c2ccccc2)c2ccccc2)cc1CP(=O)(c1ccccc1)c1ccccc1. The van der Waals surface area contributed by atoms with Gasteiger partial charge in [-0.1, -0.05) is 152 Å². The van der Waals surface area contributed by atoms with E-state index in [-0.39, 0.29) is 0 Å². The molecule has 188 valence electrons. The van der Waals surface area contributed by atoms with Crippen molar-refractivity contribution < 1.29 is 9.13 Å². The van der Waals surface area contributed by atoms with Crippen LogP contribution in [0.3, 0.4) is 0 Å². The summed E-state index contributed by atoms with van der Waals surface area (Å²) in [6.07, 6.45) is 2.55. The second kappa shape index (κ2) is 11.4. The Morgan fingerprint density at radius 3 is 1.24 bits per heavy atom. The van der Waals surface area contributed by atoms with Crippen LogP contribution in [0.15, 0.2) is 146 Å². The Hall–Kier alpha value is -3.70. The summed E-state index contributed by atoms with van der Waals surface area (Å²) in [6, 6.07) is 45.0. The molecule has 0 atom stereocenters. The summed E-state index contributed by atoms with van der Waals surface area (Å²) in [6.45, 7) is 4.02. The molecule has 0 unspecified atom stereocenters. The normalized spacial score (nSPS) is 11.7. The standard InChI is InChI=1S/C34H30O2P2/c1-2-29-24-23-28(26-37(35,31-15-7-3-8-16-31)32-17-9-4-10-18-32)25-30(29)27-38(36,33-19-11-5-12-20-33)34-21-13-6-14-22-34/h2-25H,1,26-27H2. The van der Waals surface area contributed by atoms with Gasteiger partial charge in [0, 0.05) is 33.5 Å². The molecule has 0 heterocycles. The van der Waals surface area contributed by atoms with Gasteiger partial charge >= 0.3 is 0 Å². The molecule has 0 aliphatic carbocycles. The number of hydrogen-bond acceptors (Lipinski definition) is 2. The Labute approximate surface area is 225 Å². The molecule has 4 heteroatoms. The van der Waals surface area contributed by atoms with Crippen molar-refractivity contribution in [3.8, 4) is 0 Å². The first kappa shape index (κ1) is 25.9. The highest BCUT2D eigenvalue weighted by atomic mass is 31.2. The van der Waals surface area contributed by atoms with Crippen molar-refractivity contribution in [2.24, 2.45) is 0 Å². The third-order valence-corrected chi connectivity index (χ3v) is 13.0. The van der Waals surface area contributed by atoms with Crippen LogP contribution in [0.5, 0.6) is 0 Å². The lowest BCUT2D eigenvalue weighted by Crippen LogP contribution is -2.18. The minimum atomic E-state index is -2.99. The third kappa shape index (κ3) is 5.30. The molecule has 0 saturated carbocycles. The fourth-order valence-corrected chi connectivity index (χ4v) is 10.3. The molecule has 5 aromatic rings. The van der Waals surface area contributed by atoms with Crippen molar-refractivity contribution in [1.29, 1.82) is 0 Å². The summed E-state index contributed by atoms with van der Waals surface area (Å²) in [5.41, 5.74) is 2.84. The van der Waals surface area contributed by atoms with Gasteiger partial charge in [0.1, 0.15) is 14.3 Å². The smallest absolute Gasteiger partial charge is 0.147 e. The molecule has 2 nitrogen and oxygen atoms in total. The molecule has 0 radical (unpaired) electrons. The molecule has 0 aliphatic heterocycles. The van der Waals surface area contributed by atoms with Crippen molar-refractivity contribution in [3.05, 3.63) is 163 Å². The van der Waals surface area contributed by atoms with Crippen LogP contribution in [-0.4, -0.2) is 0 Å². The van der Waals surface area contributed by atoms with Crippen molar-refractivity contribution in [2.45, 2.75) is 12.3 Å². The fourth-order valence-electron chi connectivity index (χ4n) is 4.93. The number of rotatable bonds is 9. The molecule has 0 aliphatic rings. The summed E-state index contributed by atoms with van der Waals surface area (Å²) >= 11 is 0. The molecule has 0 saturated heterocycles. The molecule has 0 N–H and O–H groups in total. The first-order valence-electron chi connectivity index (χ1n) is 12.7. The quantitative estimate of drug-likeness (QED) is 0.186. The number of hydrogen-bond donors (Lipinski definition) is 0. The van der Waals surface area contributed by atoms with E-state index in [1.165, 1.54) is 0 Å². The number of benzene rings is 5. The molecule has 0 amide bonds. The average Bonchev–Trinajstić information content (AvgIpc) is 2.99. The highest BCUT2D eigenvalue weighted by molar-refractivity contribution is 7.78. The van der Waals surface area contributed by atoms with Gasteiger partial charge in [0.25, 0.3) is 0 Å². The minimum absolute atomic E-state index is 0.358. The van der Waals surface area contributed by atoms with Gasteiger partial charge < -0.3 is 9.13 Å². The maximum atomic E-state index is 14.8. The molecule has 0 spiro atoms. The van der Waals surface area contributed by atoms with Crippen LogP contribution in [0.25, 0.3) is 6.08 Å². The molecule has 5 rings (SSSR count). The van der Waals surface area contributed by atoms with E-state index in [2.05, 4.69) is 12.6 Å². The van der Waals surface area contributed by atoms with Gasteiger partial charge in [0.2, 0.25) is 0 Å². The second-order valence-electron chi connectivity index (χ2n) is 9.38. The predicted molar refractivity (Wildman–Crippen MR) is 163 cm³/mol. The highest BCUT2D eigenvalue weighted by Crippen LogP contribution is 2.50. The van der Waals surface area contributed by atoms with Crippen LogP contribution < -0.4 is 21.2 Å². The van der Waals surface area contributed by atoms with Crippen molar-refractivity contribution in [1.82, 2.24) is 0 Å². The Morgan fingerprint density at radius 2 is 0.868 bits per heavy atom. The van der Waals surface area contributed by atoms with E-state index >= 15 is 0 Å². The average molecular weight is 533 g/mol.